The number of halogens is 2. The van der Waals surface area contributed by atoms with E-state index in [0.29, 0.717) is 12.3 Å². The van der Waals surface area contributed by atoms with E-state index in [2.05, 4.69) is 22.9 Å². The van der Waals surface area contributed by atoms with Crippen LogP contribution in [0.25, 0.3) is 0 Å². The summed E-state index contributed by atoms with van der Waals surface area (Å²) < 4.78 is 1.04. The molecular weight excluding hydrogens is 340 g/mol. The van der Waals surface area contributed by atoms with Crippen LogP contribution in [-0.4, -0.2) is 29.9 Å². The molecule has 0 radical (unpaired) electrons. The molecule has 0 aromatic heterocycles. The summed E-state index contributed by atoms with van der Waals surface area (Å²) in [5.41, 5.74) is 6.99. The van der Waals surface area contributed by atoms with Gasteiger partial charge in [-0.1, -0.05) is 28.1 Å². The van der Waals surface area contributed by atoms with E-state index < -0.39 is 0 Å². The van der Waals surface area contributed by atoms with Gasteiger partial charge < -0.3 is 10.6 Å². The molecule has 1 amide bonds. The van der Waals surface area contributed by atoms with Gasteiger partial charge in [-0.2, -0.15) is 0 Å². The maximum Gasteiger partial charge on any atom is 0.226 e. The molecule has 5 heteroatoms. The Morgan fingerprint density at radius 3 is 2.40 bits per heavy atom. The van der Waals surface area contributed by atoms with Crippen LogP contribution in [-0.2, 0) is 11.2 Å². The van der Waals surface area contributed by atoms with Gasteiger partial charge in [0.1, 0.15) is 0 Å². The van der Waals surface area contributed by atoms with E-state index in [9.17, 15) is 4.79 Å². The summed E-state index contributed by atoms with van der Waals surface area (Å²) >= 11 is 3.40. The quantitative estimate of drug-likeness (QED) is 0.899. The number of nitrogens with zero attached hydrogens (tertiary/aromatic N) is 1. The summed E-state index contributed by atoms with van der Waals surface area (Å²) in [5, 5.41) is 0. The minimum atomic E-state index is 0. The molecule has 112 valence electrons. The maximum atomic E-state index is 12.2. The molecule has 1 unspecified atom stereocenters. The number of rotatable bonds is 3. The topological polar surface area (TPSA) is 46.3 Å². The highest BCUT2D eigenvalue weighted by Crippen LogP contribution is 2.20. The average Bonchev–Trinajstić information content (AvgIpc) is 2.41. The third kappa shape index (κ3) is 4.76. The van der Waals surface area contributed by atoms with Crippen LogP contribution in [0.1, 0.15) is 25.3 Å². The molecule has 1 aromatic rings. The van der Waals surface area contributed by atoms with E-state index in [1.807, 2.05) is 29.2 Å². The van der Waals surface area contributed by atoms with E-state index in [1.54, 1.807) is 0 Å². The molecule has 0 aliphatic carbocycles. The largest absolute Gasteiger partial charge is 0.342 e. The van der Waals surface area contributed by atoms with Crippen LogP contribution in [0.4, 0.5) is 0 Å². The molecular formula is C15H22BrClN2O. The van der Waals surface area contributed by atoms with Gasteiger partial charge in [-0.3, -0.25) is 4.79 Å². The van der Waals surface area contributed by atoms with Crippen molar-refractivity contribution in [1.82, 2.24) is 4.90 Å². The monoisotopic (exact) mass is 360 g/mol. The van der Waals surface area contributed by atoms with Crippen LogP contribution in [0, 0.1) is 5.92 Å². The fourth-order valence-corrected chi connectivity index (χ4v) is 2.83. The fraction of sp³-hybridized carbons (Fsp3) is 0.533. The Bertz CT molecular complexity index is 428. The Morgan fingerprint density at radius 1 is 1.35 bits per heavy atom. The van der Waals surface area contributed by atoms with E-state index in [1.165, 1.54) is 0 Å². The molecule has 1 saturated heterocycles. The highest BCUT2D eigenvalue weighted by Gasteiger charge is 2.24. The normalized spacial score (nSPS) is 17.4. The smallest absolute Gasteiger partial charge is 0.226 e. The molecule has 2 N–H and O–H groups in total. The molecule has 0 spiro atoms. The average molecular weight is 362 g/mol. The third-order valence-corrected chi connectivity index (χ3v) is 4.43. The van der Waals surface area contributed by atoms with E-state index in [0.717, 1.165) is 36.0 Å². The van der Waals surface area contributed by atoms with Crippen LogP contribution in [0.5, 0.6) is 0 Å². The van der Waals surface area contributed by atoms with Crippen LogP contribution >= 0.6 is 28.3 Å². The van der Waals surface area contributed by atoms with Gasteiger partial charge in [0.05, 0.1) is 6.42 Å². The zero-order valence-corrected chi connectivity index (χ0v) is 14.1. The predicted molar refractivity (Wildman–Crippen MR) is 88.0 cm³/mol. The molecule has 1 aliphatic heterocycles. The number of hydrogen-bond donors (Lipinski definition) is 1. The summed E-state index contributed by atoms with van der Waals surface area (Å²) in [6, 6.07) is 8.19. The molecule has 0 bridgehead atoms. The van der Waals surface area contributed by atoms with Gasteiger partial charge in [0.2, 0.25) is 5.91 Å². The van der Waals surface area contributed by atoms with Crippen LogP contribution in [0.2, 0.25) is 0 Å². The Balaban J connectivity index is 0.00000200. The SMILES string of the molecule is CC(N)C1CCN(C(=O)Cc2ccc(Br)cc2)CC1.Cl. The second kappa shape index (κ2) is 8.01. The van der Waals surface area contributed by atoms with E-state index in [4.69, 9.17) is 5.73 Å². The van der Waals surface area contributed by atoms with Crippen molar-refractivity contribution in [3.05, 3.63) is 34.3 Å². The lowest BCUT2D eigenvalue weighted by atomic mass is 9.91. The van der Waals surface area contributed by atoms with Gasteiger partial charge in [0, 0.05) is 23.6 Å². The van der Waals surface area contributed by atoms with E-state index in [-0.39, 0.29) is 24.4 Å². The molecule has 3 nitrogen and oxygen atoms in total. The van der Waals surface area contributed by atoms with Crippen molar-refractivity contribution in [3.8, 4) is 0 Å². The summed E-state index contributed by atoms with van der Waals surface area (Å²) in [4.78, 5) is 14.2. The van der Waals surface area contributed by atoms with Gasteiger partial charge in [0.25, 0.3) is 0 Å². The van der Waals surface area contributed by atoms with Crippen molar-refractivity contribution in [2.24, 2.45) is 11.7 Å². The maximum absolute atomic E-state index is 12.2. The Kier molecular flexibility index (Phi) is 7.00. The molecule has 20 heavy (non-hydrogen) atoms. The molecule has 2 rings (SSSR count). The lowest BCUT2D eigenvalue weighted by Crippen LogP contribution is -2.43. The zero-order valence-electron chi connectivity index (χ0n) is 11.7. The minimum Gasteiger partial charge on any atom is -0.342 e. The first-order valence-corrected chi connectivity index (χ1v) is 7.63. The molecule has 1 aromatic carbocycles. The van der Waals surface area contributed by atoms with Crippen molar-refractivity contribution in [3.63, 3.8) is 0 Å². The van der Waals surface area contributed by atoms with Gasteiger partial charge in [-0.25, -0.2) is 0 Å². The van der Waals surface area contributed by atoms with Gasteiger partial charge in [-0.05, 0) is 43.4 Å². The first-order valence-electron chi connectivity index (χ1n) is 6.84. The van der Waals surface area contributed by atoms with Crippen molar-refractivity contribution in [2.45, 2.75) is 32.2 Å². The van der Waals surface area contributed by atoms with Crippen LogP contribution in [0.3, 0.4) is 0 Å². The molecule has 0 saturated carbocycles. The summed E-state index contributed by atoms with van der Waals surface area (Å²) in [6.45, 7) is 3.76. The van der Waals surface area contributed by atoms with E-state index >= 15 is 0 Å². The summed E-state index contributed by atoms with van der Waals surface area (Å²) in [6.07, 6.45) is 2.56. The van der Waals surface area contributed by atoms with Crippen molar-refractivity contribution < 1.29 is 4.79 Å². The first-order chi connectivity index (χ1) is 9.06. The van der Waals surface area contributed by atoms with Crippen molar-refractivity contribution in [2.75, 3.05) is 13.1 Å². The number of amides is 1. The first kappa shape index (κ1) is 17.5. The lowest BCUT2D eigenvalue weighted by molar-refractivity contribution is -0.131. The van der Waals surface area contributed by atoms with Crippen molar-refractivity contribution in [1.29, 1.82) is 0 Å². The predicted octanol–water partition coefficient (Wildman–Crippen LogP) is 3.00. The number of nitrogens with two attached hydrogens (primary N) is 1. The number of carbonyl (C=O) groups is 1. The third-order valence-electron chi connectivity index (χ3n) is 3.90. The number of carbonyl (C=O) groups excluding carboxylic acids is 1. The lowest BCUT2D eigenvalue weighted by Gasteiger charge is -2.33. The second-order valence-electron chi connectivity index (χ2n) is 5.38. The molecule has 1 atom stereocenters. The second-order valence-corrected chi connectivity index (χ2v) is 6.30. The number of hydrogen-bond acceptors (Lipinski definition) is 2. The van der Waals surface area contributed by atoms with Gasteiger partial charge in [0.15, 0.2) is 0 Å². The molecule has 1 fully saturated rings. The highest BCUT2D eigenvalue weighted by atomic mass is 79.9. The molecule has 1 heterocycles. The Morgan fingerprint density at radius 2 is 1.90 bits per heavy atom. The summed E-state index contributed by atoms with van der Waals surface area (Å²) in [5.74, 6) is 0.794. The van der Waals surface area contributed by atoms with Crippen LogP contribution in [0.15, 0.2) is 28.7 Å². The number of likely N-dealkylation sites (tertiary alicyclic amines) is 1. The zero-order chi connectivity index (χ0) is 13.8. The van der Waals surface area contributed by atoms with Crippen molar-refractivity contribution >= 4 is 34.2 Å². The highest BCUT2D eigenvalue weighted by molar-refractivity contribution is 9.10. The van der Waals surface area contributed by atoms with Gasteiger partial charge >= 0.3 is 0 Å². The number of benzene rings is 1. The summed E-state index contributed by atoms with van der Waals surface area (Å²) in [7, 11) is 0. The number of piperidine rings is 1. The minimum absolute atomic E-state index is 0. The van der Waals surface area contributed by atoms with Gasteiger partial charge in [-0.15, -0.1) is 12.4 Å². The standard InChI is InChI=1S/C15H21BrN2O.ClH/c1-11(17)13-6-8-18(9-7-13)15(19)10-12-2-4-14(16)5-3-12;/h2-5,11,13H,6-10,17H2,1H3;1H. The fourth-order valence-electron chi connectivity index (χ4n) is 2.56. The Hall–Kier alpha value is -0.580. The Labute approximate surface area is 135 Å². The van der Waals surface area contributed by atoms with Crippen LogP contribution < -0.4 is 5.73 Å². The molecule has 1 aliphatic rings.